The Morgan fingerprint density at radius 1 is 1.53 bits per heavy atom. The summed E-state index contributed by atoms with van der Waals surface area (Å²) >= 11 is 3.18. The number of hydrogen-bond donors (Lipinski definition) is 1. The van der Waals surface area contributed by atoms with Crippen molar-refractivity contribution < 1.29 is 8.42 Å². The van der Waals surface area contributed by atoms with Crippen LogP contribution in [-0.2, 0) is 10.0 Å². The Bertz CT molecular complexity index is 717. The Hall–Kier alpha value is -1.15. The zero-order chi connectivity index (χ0) is 12.6. The Kier molecular flexibility index (Phi) is 3.09. The summed E-state index contributed by atoms with van der Waals surface area (Å²) in [6.45, 7) is 1.76. The molecule has 0 fully saturated rings. The molecule has 92 valence electrons. The van der Waals surface area contributed by atoms with E-state index >= 15 is 0 Å². The van der Waals surface area contributed by atoms with Crippen LogP contribution in [0.15, 0.2) is 21.5 Å². The number of aromatic amines is 1. The number of aromatic nitrogens is 3. The van der Waals surface area contributed by atoms with Gasteiger partial charge in [-0.1, -0.05) is 6.92 Å². The minimum atomic E-state index is -3.55. The van der Waals surface area contributed by atoms with Crippen LogP contribution >= 0.6 is 15.9 Å². The fourth-order valence-electron chi connectivity index (χ4n) is 1.52. The SMILES string of the molecule is CCCS(=O)(=O)n1[nH]c(=O)c2cc(Br)cnc21. The van der Waals surface area contributed by atoms with E-state index in [4.69, 9.17) is 0 Å². The lowest BCUT2D eigenvalue weighted by Crippen LogP contribution is -2.19. The zero-order valence-electron chi connectivity index (χ0n) is 8.97. The predicted molar refractivity (Wildman–Crippen MR) is 67.5 cm³/mol. The lowest BCUT2D eigenvalue weighted by Gasteiger charge is -2.03. The van der Waals surface area contributed by atoms with Crippen molar-refractivity contribution in [2.75, 3.05) is 5.75 Å². The second-order valence-corrected chi connectivity index (χ2v) is 6.40. The second kappa shape index (κ2) is 4.26. The van der Waals surface area contributed by atoms with Gasteiger partial charge in [-0.2, -0.15) is 4.09 Å². The van der Waals surface area contributed by atoms with Gasteiger partial charge in [0.1, 0.15) is 0 Å². The van der Waals surface area contributed by atoms with E-state index in [0.717, 1.165) is 4.09 Å². The monoisotopic (exact) mass is 319 g/mol. The molecule has 0 saturated carbocycles. The van der Waals surface area contributed by atoms with Crippen LogP contribution in [0.1, 0.15) is 13.3 Å². The normalized spacial score (nSPS) is 12.1. The van der Waals surface area contributed by atoms with Crippen LogP contribution in [0.25, 0.3) is 11.0 Å². The highest BCUT2D eigenvalue weighted by molar-refractivity contribution is 9.10. The molecule has 2 heterocycles. The molecular formula is C9H10BrN3O3S. The van der Waals surface area contributed by atoms with Gasteiger partial charge in [-0.15, -0.1) is 0 Å². The number of halogens is 1. The smallest absolute Gasteiger partial charge is 0.267 e. The van der Waals surface area contributed by atoms with E-state index in [-0.39, 0.29) is 16.8 Å². The molecule has 1 N–H and O–H groups in total. The summed E-state index contributed by atoms with van der Waals surface area (Å²) in [6, 6.07) is 1.54. The number of nitrogens with one attached hydrogen (secondary N) is 1. The van der Waals surface area contributed by atoms with Gasteiger partial charge < -0.3 is 0 Å². The van der Waals surface area contributed by atoms with Crippen LogP contribution < -0.4 is 5.56 Å². The molecule has 0 aliphatic rings. The molecule has 2 aromatic rings. The fourth-order valence-corrected chi connectivity index (χ4v) is 3.18. The molecule has 0 aromatic carbocycles. The number of hydrogen-bond acceptors (Lipinski definition) is 4. The molecule has 0 radical (unpaired) electrons. The van der Waals surface area contributed by atoms with E-state index in [1.54, 1.807) is 13.0 Å². The van der Waals surface area contributed by atoms with Gasteiger partial charge in [-0.05, 0) is 28.4 Å². The summed E-state index contributed by atoms with van der Waals surface area (Å²) in [7, 11) is -3.55. The van der Waals surface area contributed by atoms with Crippen molar-refractivity contribution >= 4 is 37.0 Å². The summed E-state index contributed by atoms with van der Waals surface area (Å²) in [4.78, 5) is 15.6. The first-order valence-electron chi connectivity index (χ1n) is 4.95. The van der Waals surface area contributed by atoms with Gasteiger partial charge in [0.25, 0.3) is 15.6 Å². The average molecular weight is 320 g/mol. The average Bonchev–Trinajstić information content (AvgIpc) is 2.57. The molecule has 0 bridgehead atoms. The Morgan fingerprint density at radius 3 is 2.88 bits per heavy atom. The maximum absolute atomic E-state index is 11.9. The first-order chi connectivity index (χ1) is 7.95. The molecule has 0 unspecified atom stereocenters. The van der Waals surface area contributed by atoms with Crippen molar-refractivity contribution in [3.8, 4) is 0 Å². The number of pyridine rings is 1. The van der Waals surface area contributed by atoms with Crippen LogP contribution in [0.3, 0.4) is 0 Å². The molecule has 8 heteroatoms. The summed E-state index contributed by atoms with van der Waals surface area (Å²) in [5.74, 6) is -0.0372. The van der Waals surface area contributed by atoms with E-state index in [1.807, 2.05) is 0 Å². The van der Waals surface area contributed by atoms with E-state index in [0.29, 0.717) is 10.9 Å². The van der Waals surface area contributed by atoms with Crippen LogP contribution in [0.2, 0.25) is 0 Å². The number of H-pyrrole nitrogens is 1. The highest BCUT2D eigenvalue weighted by Crippen LogP contribution is 2.15. The van der Waals surface area contributed by atoms with Crippen molar-refractivity contribution in [2.45, 2.75) is 13.3 Å². The third-order valence-electron chi connectivity index (χ3n) is 2.21. The van der Waals surface area contributed by atoms with E-state index in [9.17, 15) is 13.2 Å². The number of nitrogens with zero attached hydrogens (tertiary/aromatic N) is 2. The van der Waals surface area contributed by atoms with Crippen LogP contribution in [0.4, 0.5) is 0 Å². The third kappa shape index (κ3) is 2.14. The van der Waals surface area contributed by atoms with Crippen LogP contribution in [0, 0.1) is 0 Å². The Labute approximate surface area is 106 Å². The third-order valence-corrected chi connectivity index (χ3v) is 4.39. The van der Waals surface area contributed by atoms with Crippen molar-refractivity contribution in [3.05, 3.63) is 27.1 Å². The lowest BCUT2D eigenvalue weighted by atomic mass is 10.4. The maximum Gasteiger partial charge on any atom is 0.274 e. The zero-order valence-corrected chi connectivity index (χ0v) is 11.4. The molecule has 0 saturated heterocycles. The van der Waals surface area contributed by atoms with E-state index < -0.39 is 15.6 Å². The molecule has 2 rings (SSSR count). The summed E-state index contributed by atoms with van der Waals surface area (Å²) in [5, 5.41) is 2.54. The first-order valence-corrected chi connectivity index (χ1v) is 7.35. The van der Waals surface area contributed by atoms with Gasteiger partial charge in [-0.3, -0.25) is 4.79 Å². The first kappa shape index (κ1) is 12.3. The van der Waals surface area contributed by atoms with E-state index in [2.05, 4.69) is 26.0 Å². The number of fused-ring (bicyclic) bond motifs is 1. The van der Waals surface area contributed by atoms with Crippen molar-refractivity contribution in [3.63, 3.8) is 0 Å². The van der Waals surface area contributed by atoms with Crippen molar-refractivity contribution in [2.24, 2.45) is 0 Å². The van der Waals surface area contributed by atoms with Gasteiger partial charge in [-0.25, -0.2) is 18.5 Å². The molecule has 6 nitrogen and oxygen atoms in total. The minimum Gasteiger partial charge on any atom is -0.267 e. The molecule has 0 atom stereocenters. The molecule has 0 spiro atoms. The van der Waals surface area contributed by atoms with E-state index in [1.165, 1.54) is 6.20 Å². The Morgan fingerprint density at radius 2 is 2.24 bits per heavy atom. The maximum atomic E-state index is 11.9. The molecule has 17 heavy (non-hydrogen) atoms. The largest absolute Gasteiger partial charge is 0.274 e. The van der Waals surface area contributed by atoms with Crippen molar-refractivity contribution in [1.82, 2.24) is 14.2 Å². The summed E-state index contributed by atoms with van der Waals surface area (Å²) < 4.78 is 25.2. The topological polar surface area (TPSA) is 84.8 Å². The van der Waals surface area contributed by atoms with Gasteiger partial charge in [0.15, 0.2) is 5.65 Å². The fraction of sp³-hybridized carbons (Fsp3) is 0.333. The lowest BCUT2D eigenvalue weighted by molar-refractivity contribution is 0.580. The second-order valence-electron chi connectivity index (χ2n) is 3.55. The highest BCUT2D eigenvalue weighted by atomic mass is 79.9. The van der Waals surface area contributed by atoms with Crippen LogP contribution in [0.5, 0.6) is 0 Å². The van der Waals surface area contributed by atoms with Crippen molar-refractivity contribution in [1.29, 1.82) is 0 Å². The molecule has 0 aliphatic carbocycles. The summed E-state index contributed by atoms with van der Waals surface area (Å²) in [6.07, 6.45) is 1.92. The van der Waals surface area contributed by atoms with Gasteiger partial charge in [0, 0.05) is 10.7 Å². The molecule has 2 aromatic heterocycles. The Balaban J connectivity index is 2.77. The molecule has 0 aliphatic heterocycles. The molecular weight excluding hydrogens is 310 g/mol. The highest BCUT2D eigenvalue weighted by Gasteiger charge is 2.18. The van der Waals surface area contributed by atoms with Crippen LogP contribution in [-0.4, -0.2) is 28.3 Å². The number of rotatable bonds is 3. The molecule has 0 amide bonds. The van der Waals surface area contributed by atoms with Gasteiger partial charge >= 0.3 is 0 Å². The standard InChI is InChI=1S/C9H10BrN3O3S/c1-2-3-17(15,16)13-8-7(9(14)12-13)4-6(10)5-11-8/h4-5H,2-3H2,1H3,(H,12,14). The van der Waals surface area contributed by atoms with Gasteiger partial charge in [0.05, 0.1) is 11.1 Å². The van der Waals surface area contributed by atoms with Gasteiger partial charge in [0.2, 0.25) is 0 Å². The summed E-state index contributed by atoms with van der Waals surface area (Å²) in [5.41, 5.74) is -0.333. The minimum absolute atomic E-state index is 0.0372. The quantitative estimate of drug-likeness (QED) is 0.917. The predicted octanol–water partition coefficient (Wildman–Crippen LogP) is 1.07.